The molecule has 0 aliphatic carbocycles. The summed E-state index contributed by atoms with van der Waals surface area (Å²) in [6.45, 7) is 8.97. The Morgan fingerprint density at radius 1 is 0.950 bits per heavy atom. The number of benzene rings is 3. The monoisotopic (exact) mass is 535 g/mol. The van der Waals surface area contributed by atoms with Crippen molar-refractivity contribution in [2.45, 2.75) is 39.3 Å². The quantitative estimate of drug-likeness (QED) is 0.330. The molecule has 3 heterocycles. The van der Waals surface area contributed by atoms with E-state index in [4.69, 9.17) is 9.72 Å². The van der Waals surface area contributed by atoms with Gasteiger partial charge in [0.25, 0.3) is 0 Å². The second kappa shape index (κ2) is 10.5. The summed E-state index contributed by atoms with van der Waals surface area (Å²) in [5.74, 6) is 0.872. The number of fused-ring (bicyclic) bond motifs is 2. The Bertz CT molecular complexity index is 1570. The van der Waals surface area contributed by atoms with Gasteiger partial charge < -0.3 is 15.0 Å². The van der Waals surface area contributed by atoms with Crippen LogP contribution in [0, 0.1) is 6.92 Å². The molecule has 40 heavy (non-hydrogen) atoms. The minimum Gasteiger partial charge on any atom is -0.495 e. The summed E-state index contributed by atoms with van der Waals surface area (Å²) in [6, 6.07) is 23.3. The number of urea groups is 1. The molecule has 1 fully saturated rings. The standard InChI is InChI=1S/C33H37N5O2/c1-21-9-8-12-28(34-21)27-13-14-29(26-11-7-6-10-25(26)27)35-33(39)38-16-15-24-17-32(40-5)31(18-30(24)38)37-19-22(2)36(4)23(3)20-37/h6-14,17-18,22-23H,15-16,19-20H2,1-5H3,(H,35,39)/t22-,23+. The fraction of sp³-hybridized carbons (Fsp3) is 0.333. The molecule has 1 aromatic heterocycles. The molecule has 7 heteroatoms. The van der Waals surface area contributed by atoms with Crippen LogP contribution in [0.2, 0.25) is 0 Å². The molecular formula is C33H37N5O2. The predicted molar refractivity (Wildman–Crippen MR) is 164 cm³/mol. The van der Waals surface area contributed by atoms with Gasteiger partial charge in [0.05, 0.1) is 29.9 Å². The number of nitrogens with zero attached hydrogens (tertiary/aromatic N) is 4. The first-order valence-corrected chi connectivity index (χ1v) is 14.1. The van der Waals surface area contributed by atoms with E-state index >= 15 is 0 Å². The van der Waals surface area contributed by atoms with Crippen LogP contribution in [0.1, 0.15) is 25.1 Å². The van der Waals surface area contributed by atoms with Crippen molar-refractivity contribution in [3.63, 3.8) is 0 Å². The van der Waals surface area contributed by atoms with Crippen molar-refractivity contribution in [1.82, 2.24) is 9.88 Å². The van der Waals surface area contributed by atoms with E-state index in [1.807, 2.05) is 48.2 Å². The molecule has 2 amide bonds. The minimum absolute atomic E-state index is 0.124. The first-order chi connectivity index (χ1) is 19.3. The van der Waals surface area contributed by atoms with Crippen LogP contribution < -0.4 is 19.9 Å². The number of methoxy groups -OCH3 is 1. The topological polar surface area (TPSA) is 60.9 Å². The second-order valence-corrected chi connectivity index (χ2v) is 11.1. The molecule has 4 aromatic rings. The highest BCUT2D eigenvalue weighted by Gasteiger charge is 2.32. The largest absolute Gasteiger partial charge is 0.495 e. The smallest absolute Gasteiger partial charge is 0.326 e. The fourth-order valence-corrected chi connectivity index (χ4v) is 6.13. The number of piperazine rings is 1. The summed E-state index contributed by atoms with van der Waals surface area (Å²) in [5, 5.41) is 5.27. The van der Waals surface area contributed by atoms with Gasteiger partial charge in [0.1, 0.15) is 5.75 Å². The Balaban J connectivity index is 1.31. The Kier molecular flexibility index (Phi) is 6.84. The van der Waals surface area contributed by atoms with Crippen LogP contribution in [-0.4, -0.2) is 61.8 Å². The van der Waals surface area contributed by atoms with Crippen LogP contribution in [0.3, 0.4) is 0 Å². The lowest BCUT2D eigenvalue weighted by Crippen LogP contribution is -2.55. The molecule has 0 spiro atoms. The number of aryl methyl sites for hydroxylation is 1. The Morgan fingerprint density at radius 3 is 2.42 bits per heavy atom. The molecule has 0 saturated carbocycles. The van der Waals surface area contributed by atoms with Gasteiger partial charge in [-0.2, -0.15) is 0 Å². The van der Waals surface area contributed by atoms with Crippen molar-refractivity contribution in [3.8, 4) is 17.0 Å². The zero-order valence-corrected chi connectivity index (χ0v) is 23.9. The van der Waals surface area contributed by atoms with Crippen molar-refractivity contribution in [2.75, 3.05) is 48.9 Å². The van der Waals surface area contributed by atoms with Gasteiger partial charge in [0.2, 0.25) is 0 Å². The molecule has 1 N–H and O–H groups in total. The summed E-state index contributed by atoms with van der Waals surface area (Å²) >= 11 is 0. The molecule has 3 aromatic carbocycles. The van der Waals surface area contributed by atoms with Crippen LogP contribution >= 0.6 is 0 Å². The third-order valence-electron chi connectivity index (χ3n) is 8.55. The van der Waals surface area contributed by atoms with E-state index in [2.05, 4.69) is 66.3 Å². The molecule has 2 aliphatic rings. The number of amides is 2. The lowest BCUT2D eigenvalue weighted by Gasteiger charge is -2.44. The van der Waals surface area contributed by atoms with E-state index < -0.39 is 0 Å². The Hall–Kier alpha value is -4.10. The zero-order chi connectivity index (χ0) is 28.0. The number of anilines is 3. The molecule has 206 valence electrons. The van der Waals surface area contributed by atoms with Gasteiger partial charge in [-0.05, 0) is 75.5 Å². The van der Waals surface area contributed by atoms with Crippen molar-refractivity contribution < 1.29 is 9.53 Å². The molecular weight excluding hydrogens is 498 g/mol. The fourth-order valence-electron chi connectivity index (χ4n) is 6.13. The average molecular weight is 536 g/mol. The molecule has 1 saturated heterocycles. The highest BCUT2D eigenvalue weighted by Crippen LogP contribution is 2.41. The first-order valence-electron chi connectivity index (χ1n) is 14.1. The third-order valence-corrected chi connectivity index (χ3v) is 8.55. The van der Waals surface area contributed by atoms with Crippen LogP contribution in [0.15, 0.2) is 66.7 Å². The number of nitrogens with one attached hydrogen (secondary N) is 1. The van der Waals surface area contributed by atoms with E-state index in [9.17, 15) is 4.79 Å². The summed E-state index contributed by atoms with van der Waals surface area (Å²) < 4.78 is 5.84. The number of carbonyl (C=O) groups excluding carboxylic acids is 1. The highest BCUT2D eigenvalue weighted by molar-refractivity contribution is 6.11. The molecule has 2 atom stereocenters. The number of carbonyl (C=O) groups is 1. The summed E-state index contributed by atoms with van der Waals surface area (Å²) in [6.07, 6.45) is 0.799. The molecule has 2 aliphatic heterocycles. The van der Waals surface area contributed by atoms with Crippen molar-refractivity contribution in [1.29, 1.82) is 0 Å². The van der Waals surface area contributed by atoms with Crippen LogP contribution in [0.5, 0.6) is 5.75 Å². The maximum Gasteiger partial charge on any atom is 0.326 e. The van der Waals surface area contributed by atoms with Gasteiger partial charge >= 0.3 is 6.03 Å². The van der Waals surface area contributed by atoms with Gasteiger partial charge in [0, 0.05) is 48.4 Å². The van der Waals surface area contributed by atoms with Crippen LogP contribution in [0.25, 0.3) is 22.0 Å². The molecule has 0 unspecified atom stereocenters. The van der Waals surface area contributed by atoms with Gasteiger partial charge in [-0.1, -0.05) is 36.4 Å². The summed E-state index contributed by atoms with van der Waals surface area (Å²) in [7, 11) is 3.92. The molecule has 6 rings (SSSR count). The van der Waals surface area contributed by atoms with E-state index in [1.54, 1.807) is 7.11 Å². The van der Waals surface area contributed by atoms with Gasteiger partial charge in [-0.25, -0.2) is 4.79 Å². The number of hydrogen-bond acceptors (Lipinski definition) is 5. The van der Waals surface area contributed by atoms with E-state index in [0.717, 1.165) is 75.6 Å². The van der Waals surface area contributed by atoms with Crippen molar-refractivity contribution in [2.24, 2.45) is 0 Å². The van der Waals surface area contributed by atoms with E-state index in [0.29, 0.717) is 18.6 Å². The van der Waals surface area contributed by atoms with Crippen molar-refractivity contribution in [3.05, 3.63) is 78.0 Å². The molecule has 0 bridgehead atoms. The molecule has 7 nitrogen and oxygen atoms in total. The normalized spacial score (nSPS) is 19.1. The zero-order valence-electron chi connectivity index (χ0n) is 23.9. The highest BCUT2D eigenvalue weighted by atomic mass is 16.5. The third kappa shape index (κ3) is 4.64. The number of likely N-dealkylation sites (N-methyl/N-ethyl adjacent to an activating group) is 1. The average Bonchev–Trinajstić information content (AvgIpc) is 3.38. The Labute approximate surface area is 236 Å². The number of hydrogen-bond donors (Lipinski definition) is 1. The lowest BCUT2D eigenvalue weighted by molar-refractivity contribution is 0.169. The van der Waals surface area contributed by atoms with Gasteiger partial charge in [-0.15, -0.1) is 0 Å². The number of ether oxygens (including phenoxy) is 1. The predicted octanol–water partition coefficient (Wildman–Crippen LogP) is 6.34. The number of aromatic nitrogens is 1. The van der Waals surface area contributed by atoms with E-state index in [1.165, 1.54) is 0 Å². The van der Waals surface area contributed by atoms with Crippen LogP contribution in [-0.2, 0) is 6.42 Å². The maximum atomic E-state index is 13.8. The molecule has 0 radical (unpaired) electrons. The first kappa shape index (κ1) is 26.1. The Morgan fingerprint density at radius 2 is 1.70 bits per heavy atom. The van der Waals surface area contributed by atoms with Crippen molar-refractivity contribution >= 4 is 33.9 Å². The number of pyridine rings is 1. The van der Waals surface area contributed by atoms with E-state index in [-0.39, 0.29) is 6.03 Å². The van der Waals surface area contributed by atoms with Gasteiger partial charge in [0.15, 0.2) is 0 Å². The SMILES string of the molecule is COc1cc2c(cc1N1C[C@@H](C)N(C)[C@@H](C)C1)N(C(=O)Nc1ccc(-c3cccc(C)n3)c3ccccc13)CC2. The van der Waals surface area contributed by atoms with Crippen LogP contribution in [0.4, 0.5) is 21.9 Å². The summed E-state index contributed by atoms with van der Waals surface area (Å²) in [4.78, 5) is 25.2. The number of rotatable bonds is 4. The minimum atomic E-state index is -0.124. The van der Waals surface area contributed by atoms with Gasteiger partial charge in [-0.3, -0.25) is 14.8 Å². The second-order valence-electron chi connectivity index (χ2n) is 11.1. The maximum absolute atomic E-state index is 13.8. The summed E-state index contributed by atoms with van der Waals surface area (Å²) in [5.41, 5.74) is 6.89. The lowest BCUT2D eigenvalue weighted by atomic mass is 10.00.